The highest BCUT2D eigenvalue weighted by molar-refractivity contribution is 7.15. The second kappa shape index (κ2) is 6.39. The van der Waals surface area contributed by atoms with Gasteiger partial charge in [-0.25, -0.2) is 4.39 Å². The number of aryl methyl sites for hydroxylation is 1. The lowest BCUT2D eigenvalue weighted by atomic mass is 9.95. The van der Waals surface area contributed by atoms with E-state index >= 15 is 0 Å². The van der Waals surface area contributed by atoms with Crippen LogP contribution in [0.4, 0.5) is 15.2 Å². The summed E-state index contributed by atoms with van der Waals surface area (Å²) in [6, 6.07) is 6.75. The number of nitrogens with one attached hydrogen (secondary N) is 1. The highest BCUT2D eigenvalue weighted by Crippen LogP contribution is 2.26. The van der Waals surface area contributed by atoms with Gasteiger partial charge in [-0.15, -0.1) is 10.2 Å². The summed E-state index contributed by atoms with van der Waals surface area (Å²) >= 11 is 1.37. The molecule has 1 fully saturated rings. The van der Waals surface area contributed by atoms with Crippen LogP contribution < -0.4 is 10.2 Å². The van der Waals surface area contributed by atoms with Gasteiger partial charge < -0.3 is 10.2 Å². The molecule has 1 aromatic carbocycles. The van der Waals surface area contributed by atoms with Crippen molar-refractivity contribution in [3.05, 3.63) is 35.1 Å². The molecule has 0 aliphatic carbocycles. The molecule has 3 rings (SSSR count). The van der Waals surface area contributed by atoms with Gasteiger partial charge in [-0.05, 0) is 31.9 Å². The molecule has 2 heterocycles. The van der Waals surface area contributed by atoms with Crippen LogP contribution in [0.3, 0.4) is 0 Å². The highest BCUT2D eigenvalue weighted by atomic mass is 32.1. The van der Waals surface area contributed by atoms with E-state index in [-0.39, 0.29) is 17.6 Å². The van der Waals surface area contributed by atoms with Gasteiger partial charge in [-0.1, -0.05) is 23.5 Å². The first-order valence-corrected chi connectivity index (χ1v) is 8.05. The third-order valence-corrected chi connectivity index (χ3v) is 4.57. The van der Waals surface area contributed by atoms with E-state index < -0.39 is 0 Å². The fourth-order valence-corrected chi connectivity index (χ4v) is 3.24. The number of hydrogen-bond donors (Lipinski definition) is 1. The summed E-state index contributed by atoms with van der Waals surface area (Å²) in [5.41, 5.74) is 0.612. The average Bonchev–Trinajstić information content (AvgIpc) is 2.93. The maximum atomic E-state index is 13.8. The SMILES string of the molecule is Cc1nnc(NC(=O)C2CCN(c3ccccc3F)CC2)s1. The summed E-state index contributed by atoms with van der Waals surface area (Å²) in [4.78, 5) is 14.2. The number of halogens is 1. The smallest absolute Gasteiger partial charge is 0.229 e. The van der Waals surface area contributed by atoms with E-state index in [0.29, 0.717) is 36.8 Å². The van der Waals surface area contributed by atoms with Crippen molar-refractivity contribution in [3.63, 3.8) is 0 Å². The van der Waals surface area contributed by atoms with Crippen LogP contribution in [-0.2, 0) is 4.79 Å². The molecule has 22 heavy (non-hydrogen) atoms. The third-order valence-electron chi connectivity index (χ3n) is 3.82. The van der Waals surface area contributed by atoms with Crippen LogP contribution in [0, 0.1) is 18.7 Å². The van der Waals surface area contributed by atoms with Crippen LogP contribution in [0.1, 0.15) is 17.8 Å². The number of hydrogen-bond acceptors (Lipinski definition) is 5. The van der Waals surface area contributed by atoms with Crippen molar-refractivity contribution in [1.29, 1.82) is 0 Å². The van der Waals surface area contributed by atoms with E-state index in [2.05, 4.69) is 15.5 Å². The largest absolute Gasteiger partial charge is 0.369 e. The highest BCUT2D eigenvalue weighted by Gasteiger charge is 2.26. The number of anilines is 2. The second-order valence-corrected chi connectivity index (χ2v) is 6.51. The van der Waals surface area contributed by atoms with E-state index in [1.54, 1.807) is 12.1 Å². The number of rotatable bonds is 3. The maximum absolute atomic E-state index is 13.8. The van der Waals surface area contributed by atoms with Crippen LogP contribution in [-0.4, -0.2) is 29.2 Å². The van der Waals surface area contributed by atoms with E-state index in [1.807, 2.05) is 17.9 Å². The monoisotopic (exact) mass is 320 g/mol. The summed E-state index contributed by atoms with van der Waals surface area (Å²) in [5, 5.41) is 12.0. The molecule has 1 saturated heterocycles. The summed E-state index contributed by atoms with van der Waals surface area (Å²) in [7, 11) is 0. The van der Waals surface area contributed by atoms with Gasteiger partial charge in [0.15, 0.2) is 0 Å². The summed E-state index contributed by atoms with van der Waals surface area (Å²) in [5.74, 6) is -0.300. The number of piperidine rings is 1. The van der Waals surface area contributed by atoms with Crippen molar-refractivity contribution < 1.29 is 9.18 Å². The molecule has 7 heteroatoms. The number of carbonyl (C=O) groups excluding carboxylic acids is 1. The molecule has 0 radical (unpaired) electrons. The molecule has 0 unspecified atom stereocenters. The first kappa shape index (κ1) is 14.9. The molecule has 116 valence electrons. The number of nitrogens with zero attached hydrogens (tertiary/aromatic N) is 3. The Labute approximate surface area is 132 Å². The lowest BCUT2D eigenvalue weighted by Crippen LogP contribution is -2.38. The van der Waals surface area contributed by atoms with Gasteiger partial charge in [-0.3, -0.25) is 4.79 Å². The van der Waals surface area contributed by atoms with Crippen molar-refractivity contribution in [2.24, 2.45) is 5.92 Å². The molecule has 1 aliphatic rings. The molecule has 0 saturated carbocycles. The van der Waals surface area contributed by atoms with Crippen LogP contribution >= 0.6 is 11.3 Å². The Morgan fingerprint density at radius 2 is 2.05 bits per heavy atom. The first-order valence-electron chi connectivity index (χ1n) is 7.24. The zero-order chi connectivity index (χ0) is 15.5. The molecular formula is C15H17FN4OS. The Morgan fingerprint density at radius 1 is 1.32 bits per heavy atom. The Balaban J connectivity index is 1.57. The molecular weight excluding hydrogens is 303 g/mol. The minimum Gasteiger partial charge on any atom is -0.369 e. The standard InChI is InChI=1S/C15H17FN4OS/c1-10-18-19-15(22-10)17-14(21)11-6-8-20(9-7-11)13-5-3-2-4-12(13)16/h2-5,11H,6-9H2,1H3,(H,17,19,21). The molecule has 1 aromatic heterocycles. The third kappa shape index (κ3) is 3.24. The number of benzene rings is 1. The predicted molar refractivity (Wildman–Crippen MR) is 84.6 cm³/mol. The van der Waals surface area contributed by atoms with Crippen LogP contribution in [0.2, 0.25) is 0 Å². The Bertz CT molecular complexity index is 667. The summed E-state index contributed by atoms with van der Waals surface area (Å²) in [6.07, 6.45) is 1.41. The lowest BCUT2D eigenvalue weighted by molar-refractivity contribution is -0.120. The number of aromatic nitrogens is 2. The van der Waals surface area contributed by atoms with Gasteiger partial charge in [0.05, 0.1) is 5.69 Å². The minimum atomic E-state index is -0.213. The van der Waals surface area contributed by atoms with Crippen molar-refractivity contribution in [1.82, 2.24) is 10.2 Å². The number of para-hydroxylation sites is 1. The molecule has 5 nitrogen and oxygen atoms in total. The number of carbonyl (C=O) groups is 1. The molecule has 1 amide bonds. The quantitative estimate of drug-likeness (QED) is 0.945. The average molecular weight is 320 g/mol. The van der Waals surface area contributed by atoms with Crippen molar-refractivity contribution in [3.8, 4) is 0 Å². The van der Waals surface area contributed by atoms with Gasteiger partial charge in [0.25, 0.3) is 0 Å². The van der Waals surface area contributed by atoms with Crippen LogP contribution in [0.5, 0.6) is 0 Å². The molecule has 1 aliphatic heterocycles. The topological polar surface area (TPSA) is 58.1 Å². The second-order valence-electron chi connectivity index (χ2n) is 5.33. The van der Waals surface area contributed by atoms with Crippen molar-refractivity contribution in [2.45, 2.75) is 19.8 Å². The lowest BCUT2D eigenvalue weighted by Gasteiger charge is -2.33. The maximum Gasteiger partial charge on any atom is 0.229 e. The molecule has 0 bridgehead atoms. The zero-order valence-corrected chi connectivity index (χ0v) is 13.1. The number of amides is 1. The molecule has 0 spiro atoms. The van der Waals surface area contributed by atoms with Crippen molar-refractivity contribution in [2.75, 3.05) is 23.3 Å². The van der Waals surface area contributed by atoms with Crippen LogP contribution in [0.15, 0.2) is 24.3 Å². The van der Waals surface area contributed by atoms with Gasteiger partial charge in [0.2, 0.25) is 11.0 Å². The predicted octanol–water partition coefficient (Wildman–Crippen LogP) is 2.84. The van der Waals surface area contributed by atoms with Gasteiger partial charge >= 0.3 is 0 Å². The fraction of sp³-hybridized carbons (Fsp3) is 0.400. The first-order chi connectivity index (χ1) is 10.6. The summed E-state index contributed by atoms with van der Waals surface area (Å²) in [6.45, 7) is 3.20. The Kier molecular flexibility index (Phi) is 4.33. The zero-order valence-electron chi connectivity index (χ0n) is 12.3. The minimum absolute atomic E-state index is 0.0238. The van der Waals surface area contributed by atoms with E-state index in [1.165, 1.54) is 17.4 Å². The van der Waals surface area contributed by atoms with Gasteiger partial charge in [0.1, 0.15) is 10.8 Å². The molecule has 2 aromatic rings. The normalized spacial score (nSPS) is 15.8. The van der Waals surface area contributed by atoms with E-state index in [4.69, 9.17) is 0 Å². The Hall–Kier alpha value is -2.02. The van der Waals surface area contributed by atoms with E-state index in [0.717, 1.165) is 5.01 Å². The molecule has 0 atom stereocenters. The van der Waals surface area contributed by atoms with Crippen molar-refractivity contribution >= 4 is 28.1 Å². The van der Waals surface area contributed by atoms with Gasteiger partial charge in [0, 0.05) is 19.0 Å². The van der Waals surface area contributed by atoms with Gasteiger partial charge in [-0.2, -0.15) is 0 Å². The van der Waals surface area contributed by atoms with E-state index in [9.17, 15) is 9.18 Å². The summed E-state index contributed by atoms with van der Waals surface area (Å²) < 4.78 is 13.8. The fourth-order valence-electron chi connectivity index (χ4n) is 2.65. The van der Waals surface area contributed by atoms with Crippen LogP contribution in [0.25, 0.3) is 0 Å². The Morgan fingerprint density at radius 3 is 2.68 bits per heavy atom. The molecule has 1 N–H and O–H groups in total.